The molecule has 0 saturated heterocycles. The molecule has 1 fully saturated rings. The zero-order chi connectivity index (χ0) is 17.2. The van der Waals surface area contributed by atoms with E-state index < -0.39 is 6.04 Å². The quantitative estimate of drug-likeness (QED) is 0.664. The van der Waals surface area contributed by atoms with Crippen LogP contribution in [0.15, 0.2) is 52.9 Å². The average molecular weight is 337 g/mol. The largest absolute Gasteiger partial charge is 0.440 e. The van der Waals surface area contributed by atoms with Crippen LogP contribution < -0.4 is 10.6 Å². The van der Waals surface area contributed by atoms with E-state index in [9.17, 15) is 9.90 Å². The van der Waals surface area contributed by atoms with Crippen molar-refractivity contribution in [1.82, 2.24) is 10.3 Å². The van der Waals surface area contributed by atoms with Crippen molar-refractivity contribution in [2.75, 3.05) is 11.9 Å². The number of nitrogens with zero attached hydrogens (tertiary/aromatic N) is 1. The van der Waals surface area contributed by atoms with Crippen LogP contribution in [0.2, 0.25) is 0 Å². The summed E-state index contributed by atoms with van der Waals surface area (Å²) in [4.78, 5) is 16.7. The number of aliphatic hydroxyl groups excluding tert-OH is 1. The number of carbonyl (C=O) groups is 1. The molecule has 3 N–H and O–H groups in total. The monoisotopic (exact) mass is 337 g/mol. The summed E-state index contributed by atoms with van der Waals surface area (Å²) >= 11 is 0. The van der Waals surface area contributed by atoms with Gasteiger partial charge in [0.1, 0.15) is 5.52 Å². The van der Waals surface area contributed by atoms with Gasteiger partial charge < -0.3 is 20.2 Å². The number of benzene rings is 2. The van der Waals surface area contributed by atoms with Crippen molar-refractivity contribution in [3.63, 3.8) is 0 Å². The number of aromatic nitrogens is 1. The summed E-state index contributed by atoms with van der Waals surface area (Å²) in [7, 11) is 0. The average Bonchev–Trinajstić information content (AvgIpc) is 3.40. The molecule has 1 aromatic heterocycles. The summed E-state index contributed by atoms with van der Waals surface area (Å²) in [6.45, 7) is -0.177. The Morgan fingerprint density at radius 2 is 2.04 bits per heavy atom. The lowest BCUT2D eigenvalue weighted by Crippen LogP contribution is -2.34. The number of oxazole rings is 1. The van der Waals surface area contributed by atoms with Crippen LogP contribution >= 0.6 is 0 Å². The Kier molecular flexibility index (Phi) is 4.11. The maximum atomic E-state index is 12.2. The minimum absolute atomic E-state index is 0.177. The lowest BCUT2D eigenvalue weighted by molar-refractivity contribution is 0.225. The van der Waals surface area contributed by atoms with E-state index >= 15 is 0 Å². The van der Waals surface area contributed by atoms with E-state index in [4.69, 9.17) is 4.42 Å². The summed E-state index contributed by atoms with van der Waals surface area (Å²) < 4.78 is 5.76. The third kappa shape index (κ3) is 3.49. The van der Waals surface area contributed by atoms with Gasteiger partial charge in [0.15, 0.2) is 11.5 Å². The first-order valence-electron chi connectivity index (χ1n) is 8.37. The highest BCUT2D eigenvalue weighted by Gasteiger charge is 2.28. The minimum atomic E-state index is -0.461. The van der Waals surface area contributed by atoms with Crippen molar-refractivity contribution in [3.05, 3.63) is 60.0 Å². The maximum Gasteiger partial charge on any atom is 0.319 e. The third-order valence-electron chi connectivity index (χ3n) is 4.28. The Morgan fingerprint density at radius 1 is 1.24 bits per heavy atom. The number of aliphatic hydroxyl groups is 1. The topological polar surface area (TPSA) is 87.4 Å². The van der Waals surface area contributed by atoms with Crippen LogP contribution in [0, 0.1) is 0 Å². The molecule has 0 unspecified atom stereocenters. The minimum Gasteiger partial charge on any atom is -0.440 e. The molecule has 1 atom stereocenters. The van der Waals surface area contributed by atoms with Crippen molar-refractivity contribution >= 4 is 22.8 Å². The number of hydrogen-bond acceptors (Lipinski definition) is 4. The fraction of sp³-hybridized carbons (Fsp3) is 0.263. The van der Waals surface area contributed by atoms with Crippen LogP contribution in [0.25, 0.3) is 11.1 Å². The Morgan fingerprint density at radius 3 is 2.76 bits per heavy atom. The Labute approximate surface area is 144 Å². The standard InChI is InChI=1S/C19H19N3O3/c23-11-16(12-4-2-1-3-5-12)22-19(24)20-14-8-9-15-17(10-14)25-18(21-15)13-6-7-13/h1-5,8-10,13,16,23H,6-7,11H2,(H2,20,22,24)/t16-/m0/s1. The molecule has 2 amide bonds. The number of carbonyl (C=O) groups excluding carboxylic acids is 1. The molecule has 25 heavy (non-hydrogen) atoms. The Balaban J connectivity index is 1.45. The molecule has 3 aromatic rings. The highest BCUT2D eigenvalue weighted by Crippen LogP contribution is 2.40. The van der Waals surface area contributed by atoms with Crippen LogP contribution in [0.1, 0.15) is 36.3 Å². The molecule has 6 nitrogen and oxygen atoms in total. The van der Waals surface area contributed by atoms with Crippen molar-refractivity contribution in [1.29, 1.82) is 0 Å². The Bertz CT molecular complexity index is 887. The second-order valence-corrected chi connectivity index (χ2v) is 6.25. The number of fused-ring (bicyclic) bond motifs is 1. The van der Waals surface area contributed by atoms with E-state index in [1.54, 1.807) is 12.1 Å². The highest BCUT2D eigenvalue weighted by molar-refractivity contribution is 5.91. The molecule has 0 bridgehead atoms. The summed E-state index contributed by atoms with van der Waals surface area (Å²) in [6.07, 6.45) is 2.25. The van der Waals surface area contributed by atoms with Gasteiger partial charge in [-0.05, 0) is 30.5 Å². The second-order valence-electron chi connectivity index (χ2n) is 6.25. The van der Waals surface area contributed by atoms with Crippen LogP contribution in [-0.2, 0) is 0 Å². The van der Waals surface area contributed by atoms with E-state index in [1.165, 1.54) is 0 Å². The molecular formula is C19H19N3O3. The first kappa shape index (κ1) is 15.7. The predicted molar refractivity (Wildman–Crippen MR) is 94.4 cm³/mol. The lowest BCUT2D eigenvalue weighted by atomic mass is 10.1. The Hall–Kier alpha value is -2.86. The van der Waals surface area contributed by atoms with E-state index in [0.29, 0.717) is 17.2 Å². The van der Waals surface area contributed by atoms with Crippen molar-refractivity contribution < 1.29 is 14.3 Å². The van der Waals surface area contributed by atoms with Gasteiger partial charge in [-0.2, -0.15) is 0 Å². The van der Waals surface area contributed by atoms with Gasteiger partial charge >= 0.3 is 6.03 Å². The molecule has 4 rings (SSSR count). The number of nitrogens with one attached hydrogen (secondary N) is 2. The summed E-state index contributed by atoms with van der Waals surface area (Å²) in [6, 6.07) is 13.9. The molecule has 0 aliphatic heterocycles. The van der Waals surface area contributed by atoms with E-state index in [1.807, 2.05) is 36.4 Å². The molecule has 1 aliphatic rings. The molecule has 0 spiro atoms. The van der Waals surface area contributed by atoms with Crippen molar-refractivity contribution in [3.8, 4) is 0 Å². The van der Waals surface area contributed by atoms with Gasteiger partial charge in [0.05, 0.1) is 12.6 Å². The highest BCUT2D eigenvalue weighted by atomic mass is 16.3. The van der Waals surface area contributed by atoms with Gasteiger partial charge in [0.25, 0.3) is 0 Å². The van der Waals surface area contributed by atoms with Crippen molar-refractivity contribution in [2.24, 2.45) is 0 Å². The molecule has 2 aromatic carbocycles. The van der Waals surface area contributed by atoms with E-state index in [2.05, 4.69) is 15.6 Å². The van der Waals surface area contributed by atoms with Crippen LogP contribution in [0.5, 0.6) is 0 Å². The molecule has 1 heterocycles. The van der Waals surface area contributed by atoms with Gasteiger partial charge in [0, 0.05) is 17.7 Å². The fourth-order valence-corrected chi connectivity index (χ4v) is 2.77. The smallest absolute Gasteiger partial charge is 0.319 e. The van der Waals surface area contributed by atoms with Gasteiger partial charge in [-0.15, -0.1) is 0 Å². The SMILES string of the molecule is O=C(Nc1ccc2nc(C3CC3)oc2c1)N[C@@H](CO)c1ccccc1. The van der Waals surface area contributed by atoms with Crippen LogP contribution in [-0.4, -0.2) is 22.7 Å². The van der Waals surface area contributed by atoms with E-state index in [-0.39, 0.29) is 12.6 Å². The molecule has 1 aliphatic carbocycles. The second kappa shape index (κ2) is 6.57. The number of amides is 2. The number of anilines is 1. The van der Waals surface area contributed by atoms with Gasteiger partial charge in [0.2, 0.25) is 0 Å². The van der Waals surface area contributed by atoms with Gasteiger partial charge in [-0.3, -0.25) is 0 Å². The number of hydrogen-bond donors (Lipinski definition) is 3. The zero-order valence-electron chi connectivity index (χ0n) is 13.6. The predicted octanol–water partition coefficient (Wildman–Crippen LogP) is 3.56. The van der Waals surface area contributed by atoms with Gasteiger partial charge in [-0.1, -0.05) is 30.3 Å². The molecule has 128 valence electrons. The fourth-order valence-electron chi connectivity index (χ4n) is 2.77. The first-order chi connectivity index (χ1) is 12.2. The van der Waals surface area contributed by atoms with Crippen LogP contribution in [0.4, 0.5) is 10.5 Å². The summed E-state index contributed by atoms with van der Waals surface area (Å²) in [5.41, 5.74) is 2.93. The number of urea groups is 1. The molecule has 0 radical (unpaired) electrons. The summed E-state index contributed by atoms with van der Waals surface area (Å²) in [5, 5.41) is 15.1. The molecular weight excluding hydrogens is 318 g/mol. The number of rotatable bonds is 5. The molecule has 1 saturated carbocycles. The third-order valence-corrected chi connectivity index (χ3v) is 4.28. The van der Waals surface area contributed by atoms with Gasteiger partial charge in [-0.25, -0.2) is 9.78 Å². The van der Waals surface area contributed by atoms with Crippen molar-refractivity contribution in [2.45, 2.75) is 24.8 Å². The zero-order valence-corrected chi connectivity index (χ0v) is 13.6. The maximum absolute atomic E-state index is 12.2. The van der Waals surface area contributed by atoms with E-state index in [0.717, 1.165) is 29.8 Å². The molecule has 6 heteroatoms. The first-order valence-corrected chi connectivity index (χ1v) is 8.37. The summed E-state index contributed by atoms with van der Waals surface area (Å²) in [5.74, 6) is 1.23. The normalized spacial score (nSPS) is 15.1. The van der Waals surface area contributed by atoms with Crippen LogP contribution in [0.3, 0.4) is 0 Å². The lowest BCUT2D eigenvalue weighted by Gasteiger charge is -2.17.